The molecule has 1 aliphatic heterocycles. The van der Waals surface area contributed by atoms with Gasteiger partial charge >= 0.3 is 18.3 Å². The molecule has 0 aliphatic carbocycles. The molecule has 0 unspecified atom stereocenters. The van der Waals surface area contributed by atoms with E-state index in [4.69, 9.17) is 4.74 Å². The van der Waals surface area contributed by atoms with Crippen LogP contribution in [0.5, 0.6) is 5.75 Å². The highest BCUT2D eigenvalue weighted by Crippen LogP contribution is 2.40. The van der Waals surface area contributed by atoms with Crippen LogP contribution in [0.25, 0.3) is 12.2 Å². The number of nitrogens with zero attached hydrogens (tertiary/aromatic N) is 2. The van der Waals surface area contributed by atoms with Crippen LogP contribution in [-0.4, -0.2) is 39.1 Å². The second kappa shape index (κ2) is 11.4. The molecule has 0 saturated carbocycles. The van der Waals surface area contributed by atoms with Crippen molar-refractivity contribution in [1.29, 1.82) is 0 Å². The monoisotopic (exact) mass is 600 g/mol. The SMILES string of the molecule is COC(=O)CC[C@H]1CN(S(=O)(=O)c2cccc(C(F)(F)F)c2)c2cc(/C=C/c3cccnc3C(F)(F)F)ccc2O1. The van der Waals surface area contributed by atoms with Crippen LogP contribution >= 0.6 is 0 Å². The average Bonchev–Trinajstić information content (AvgIpc) is 2.93. The minimum Gasteiger partial charge on any atom is -0.486 e. The van der Waals surface area contributed by atoms with Gasteiger partial charge in [0.25, 0.3) is 10.0 Å². The van der Waals surface area contributed by atoms with Crippen LogP contribution in [-0.2, 0) is 31.9 Å². The molecular weight excluding hydrogens is 578 g/mol. The van der Waals surface area contributed by atoms with Gasteiger partial charge in [0, 0.05) is 18.2 Å². The zero-order chi connectivity index (χ0) is 30.0. The van der Waals surface area contributed by atoms with E-state index in [1.807, 2.05) is 0 Å². The molecule has 1 aromatic heterocycles. The summed E-state index contributed by atoms with van der Waals surface area (Å²) in [5, 5.41) is 0. The van der Waals surface area contributed by atoms with Crippen molar-refractivity contribution in [2.75, 3.05) is 18.0 Å². The third kappa shape index (κ3) is 6.81. The zero-order valence-electron chi connectivity index (χ0n) is 21.2. The lowest BCUT2D eigenvalue weighted by Crippen LogP contribution is -2.43. The largest absolute Gasteiger partial charge is 0.486 e. The molecule has 2 heterocycles. The fourth-order valence-corrected chi connectivity index (χ4v) is 5.67. The summed E-state index contributed by atoms with van der Waals surface area (Å²) in [4.78, 5) is 14.4. The molecule has 0 amide bonds. The maximum Gasteiger partial charge on any atom is 0.433 e. The van der Waals surface area contributed by atoms with E-state index in [2.05, 4.69) is 9.72 Å². The molecule has 0 spiro atoms. The van der Waals surface area contributed by atoms with Crippen molar-refractivity contribution < 1.29 is 49.0 Å². The second-order valence-corrected chi connectivity index (χ2v) is 10.8. The highest BCUT2D eigenvalue weighted by atomic mass is 32.2. The minimum atomic E-state index is -4.79. The van der Waals surface area contributed by atoms with Crippen LogP contribution in [0.15, 0.2) is 65.7 Å². The molecule has 0 bridgehead atoms. The molecule has 0 N–H and O–H groups in total. The Morgan fingerprint density at radius 1 is 1.05 bits per heavy atom. The first-order valence-electron chi connectivity index (χ1n) is 12.0. The molecule has 7 nitrogen and oxygen atoms in total. The first-order chi connectivity index (χ1) is 19.2. The summed E-state index contributed by atoms with van der Waals surface area (Å²) < 4.78 is 119. The van der Waals surface area contributed by atoms with Crippen molar-refractivity contribution >= 4 is 33.8 Å². The topological polar surface area (TPSA) is 85.8 Å². The standard InChI is InChI=1S/C27H22F6N2O5S/c1-39-24(36)12-10-20-16-35(41(37,38)21-6-2-5-19(15-21)26(28,29)30)22-14-17(8-11-23(22)40-20)7-9-18-4-3-13-34-25(18)27(31,32)33/h2-9,11,13-15,20H,10,12,16H2,1H3/b9-7+/t20-/m0/s1. The summed E-state index contributed by atoms with van der Waals surface area (Å²) in [6, 6.07) is 9.97. The first kappa shape index (κ1) is 29.9. The van der Waals surface area contributed by atoms with Crippen molar-refractivity contribution in [3.63, 3.8) is 0 Å². The lowest BCUT2D eigenvalue weighted by atomic mass is 10.1. The zero-order valence-corrected chi connectivity index (χ0v) is 22.1. The number of sulfonamides is 1. The molecule has 3 aromatic rings. The Balaban J connectivity index is 1.75. The molecule has 0 radical (unpaired) electrons. The molecule has 2 aromatic carbocycles. The van der Waals surface area contributed by atoms with Gasteiger partial charge < -0.3 is 9.47 Å². The third-order valence-corrected chi connectivity index (χ3v) is 7.90. The molecular formula is C27H22F6N2O5S. The van der Waals surface area contributed by atoms with Gasteiger partial charge in [-0.2, -0.15) is 26.3 Å². The van der Waals surface area contributed by atoms with Gasteiger partial charge in [-0.1, -0.05) is 30.4 Å². The van der Waals surface area contributed by atoms with Crippen molar-refractivity contribution in [3.05, 3.63) is 83.2 Å². The number of methoxy groups -OCH3 is 1. The number of carbonyl (C=O) groups excluding carboxylic acids is 1. The molecule has 0 saturated heterocycles. The number of aromatic nitrogens is 1. The van der Waals surface area contributed by atoms with Gasteiger partial charge in [-0.3, -0.25) is 14.1 Å². The third-order valence-electron chi connectivity index (χ3n) is 6.13. The van der Waals surface area contributed by atoms with Crippen LogP contribution in [0.2, 0.25) is 0 Å². The molecule has 41 heavy (non-hydrogen) atoms. The summed E-state index contributed by atoms with van der Waals surface area (Å²) >= 11 is 0. The van der Waals surface area contributed by atoms with Crippen LogP contribution in [0, 0.1) is 0 Å². The Labute approximate surface area is 231 Å². The van der Waals surface area contributed by atoms with E-state index in [9.17, 15) is 39.6 Å². The smallest absolute Gasteiger partial charge is 0.433 e. The molecule has 4 rings (SSSR count). The lowest BCUT2D eigenvalue weighted by Gasteiger charge is -2.35. The summed E-state index contributed by atoms with van der Waals surface area (Å²) in [6.45, 7) is -0.351. The van der Waals surface area contributed by atoms with Gasteiger partial charge in [0.05, 0.1) is 29.8 Å². The second-order valence-electron chi connectivity index (χ2n) is 8.92. The first-order valence-corrected chi connectivity index (χ1v) is 13.4. The molecule has 1 atom stereocenters. The number of ether oxygens (including phenoxy) is 2. The number of pyridine rings is 1. The normalized spacial score (nSPS) is 15.9. The van der Waals surface area contributed by atoms with E-state index in [-0.39, 0.29) is 42.0 Å². The lowest BCUT2D eigenvalue weighted by molar-refractivity contribution is -0.142. The van der Waals surface area contributed by atoms with E-state index < -0.39 is 50.6 Å². The van der Waals surface area contributed by atoms with Crippen LogP contribution in [0.4, 0.5) is 32.0 Å². The fraction of sp³-hybridized carbons (Fsp3) is 0.259. The van der Waals surface area contributed by atoms with Gasteiger partial charge in [-0.15, -0.1) is 0 Å². The number of alkyl halides is 6. The number of carbonyl (C=O) groups is 1. The minimum absolute atomic E-state index is 0.0406. The van der Waals surface area contributed by atoms with Crippen molar-refractivity contribution in [1.82, 2.24) is 4.98 Å². The van der Waals surface area contributed by atoms with Crippen molar-refractivity contribution in [2.24, 2.45) is 0 Å². The maximum absolute atomic E-state index is 13.7. The van der Waals surface area contributed by atoms with E-state index >= 15 is 0 Å². The maximum atomic E-state index is 13.7. The van der Waals surface area contributed by atoms with Gasteiger partial charge in [-0.25, -0.2) is 8.42 Å². The van der Waals surface area contributed by atoms with E-state index in [1.165, 1.54) is 43.5 Å². The number of halogens is 6. The van der Waals surface area contributed by atoms with E-state index in [0.29, 0.717) is 6.07 Å². The van der Waals surface area contributed by atoms with Crippen molar-refractivity contribution in [3.8, 4) is 5.75 Å². The number of fused-ring (bicyclic) bond motifs is 1. The number of esters is 1. The quantitative estimate of drug-likeness (QED) is 0.237. The average molecular weight is 601 g/mol. The highest BCUT2D eigenvalue weighted by Gasteiger charge is 2.37. The van der Waals surface area contributed by atoms with E-state index in [0.717, 1.165) is 34.8 Å². The Morgan fingerprint density at radius 3 is 2.49 bits per heavy atom. The van der Waals surface area contributed by atoms with Gasteiger partial charge in [0.15, 0.2) is 5.69 Å². The molecule has 1 aliphatic rings. The summed E-state index contributed by atoms with van der Waals surface area (Å²) in [5.74, 6) is -0.517. The Hall–Kier alpha value is -4.07. The Morgan fingerprint density at radius 2 is 1.80 bits per heavy atom. The number of anilines is 1. The Bertz CT molecular complexity index is 1570. The molecule has 14 heteroatoms. The van der Waals surface area contributed by atoms with Crippen LogP contribution in [0.3, 0.4) is 0 Å². The van der Waals surface area contributed by atoms with Gasteiger partial charge in [0.2, 0.25) is 0 Å². The predicted molar refractivity (Wildman–Crippen MR) is 136 cm³/mol. The van der Waals surface area contributed by atoms with E-state index in [1.54, 1.807) is 0 Å². The van der Waals surface area contributed by atoms with Crippen molar-refractivity contribution in [2.45, 2.75) is 36.2 Å². The number of hydrogen-bond acceptors (Lipinski definition) is 6. The number of rotatable bonds is 7. The van der Waals surface area contributed by atoms with Gasteiger partial charge in [-0.05, 0) is 48.4 Å². The van der Waals surface area contributed by atoms with Gasteiger partial charge in [0.1, 0.15) is 11.9 Å². The fourth-order valence-electron chi connectivity index (χ4n) is 4.13. The molecule has 218 valence electrons. The Kier molecular flexibility index (Phi) is 8.34. The highest BCUT2D eigenvalue weighted by molar-refractivity contribution is 7.92. The summed E-state index contributed by atoms with van der Waals surface area (Å²) in [5.41, 5.74) is -2.27. The number of benzene rings is 2. The predicted octanol–water partition coefficient (Wildman–Crippen LogP) is 6.20. The van der Waals surface area contributed by atoms with Crippen LogP contribution in [0.1, 0.15) is 35.2 Å². The van der Waals surface area contributed by atoms with Crippen LogP contribution < -0.4 is 9.04 Å². The summed E-state index contributed by atoms with van der Waals surface area (Å²) in [6.07, 6.45) is -6.95. The number of hydrogen-bond donors (Lipinski definition) is 0. The molecule has 0 fully saturated rings. The summed E-state index contributed by atoms with van der Waals surface area (Å²) in [7, 11) is -3.41.